The van der Waals surface area contributed by atoms with Crippen LogP contribution in [0.15, 0.2) is 30.5 Å². The highest BCUT2D eigenvalue weighted by Crippen LogP contribution is 2.64. The van der Waals surface area contributed by atoms with Crippen molar-refractivity contribution in [2.24, 2.45) is 5.41 Å². The fourth-order valence-electron chi connectivity index (χ4n) is 2.64. The predicted molar refractivity (Wildman–Crippen MR) is 93.1 cm³/mol. The molecule has 1 amide bonds. The maximum atomic E-state index is 11.9. The third-order valence-corrected chi connectivity index (χ3v) is 5.54. The van der Waals surface area contributed by atoms with E-state index in [1.165, 1.54) is 0 Å². The van der Waals surface area contributed by atoms with E-state index < -0.39 is 15.7 Å². The van der Waals surface area contributed by atoms with E-state index in [0.29, 0.717) is 19.4 Å². The van der Waals surface area contributed by atoms with Gasteiger partial charge in [0.2, 0.25) is 0 Å². The molecule has 0 spiro atoms. The summed E-state index contributed by atoms with van der Waals surface area (Å²) in [5, 5.41) is 3.88. The van der Waals surface area contributed by atoms with Crippen LogP contribution in [0.3, 0.4) is 0 Å². The summed E-state index contributed by atoms with van der Waals surface area (Å²) in [5.41, 5.74) is 1.28. The molecule has 24 heavy (non-hydrogen) atoms. The molecule has 2 N–H and O–H groups in total. The molecule has 1 aliphatic rings. The summed E-state index contributed by atoms with van der Waals surface area (Å²) >= 11 is 11.8. The molecule has 1 heterocycles. The van der Waals surface area contributed by atoms with Crippen LogP contribution < -0.4 is 5.32 Å². The Morgan fingerprint density at radius 1 is 1.33 bits per heavy atom. The monoisotopic (exact) mass is 368 g/mol. The molecule has 1 aromatic heterocycles. The quantitative estimate of drug-likeness (QED) is 0.608. The van der Waals surface area contributed by atoms with Gasteiger partial charge in [-0.3, -0.25) is 9.59 Å². The van der Waals surface area contributed by atoms with Crippen LogP contribution in [-0.4, -0.2) is 34.3 Å². The number of esters is 1. The topological polar surface area (TPSA) is 71.2 Å². The van der Waals surface area contributed by atoms with Crippen molar-refractivity contribution in [2.45, 2.75) is 24.1 Å². The minimum atomic E-state index is -1.09. The van der Waals surface area contributed by atoms with Gasteiger partial charge in [0.1, 0.15) is 9.75 Å². The van der Waals surface area contributed by atoms with Crippen molar-refractivity contribution in [3.05, 3.63) is 36.0 Å². The summed E-state index contributed by atoms with van der Waals surface area (Å²) in [5.74, 6) is -0.888. The largest absolute Gasteiger partial charge is 0.455 e. The number of H-pyrrole nitrogens is 1. The van der Waals surface area contributed by atoms with Gasteiger partial charge in [0.15, 0.2) is 6.61 Å². The molecule has 0 bridgehead atoms. The van der Waals surface area contributed by atoms with E-state index in [0.717, 1.165) is 16.5 Å². The van der Waals surface area contributed by atoms with E-state index in [4.69, 9.17) is 27.9 Å². The standard InChI is InChI=1S/C17H18Cl2N2O3/c1-16(10-17(16,18)19)15(23)24-9-14(22)20-7-6-11-8-21-13-5-3-2-4-12(11)13/h2-5,8,21H,6-7,9-10H2,1H3,(H,20,22)/t16-/m0/s1. The number of ether oxygens (including phenoxy) is 1. The number of nitrogens with one attached hydrogen (secondary N) is 2. The number of halogens is 2. The Kier molecular flexibility index (Phi) is 4.49. The Morgan fingerprint density at radius 2 is 2.04 bits per heavy atom. The maximum Gasteiger partial charge on any atom is 0.315 e. The Bertz CT molecular complexity index is 787. The smallest absolute Gasteiger partial charge is 0.315 e. The van der Waals surface area contributed by atoms with E-state index in [1.807, 2.05) is 30.5 Å². The number of carbonyl (C=O) groups excluding carboxylic acids is 2. The van der Waals surface area contributed by atoms with Crippen molar-refractivity contribution in [1.82, 2.24) is 10.3 Å². The Balaban J connectivity index is 1.43. The molecule has 1 fully saturated rings. The first-order chi connectivity index (χ1) is 11.3. The lowest BCUT2D eigenvalue weighted by Gasteiger charge is -2.11. The first-order valence-electron chi connectivity index (χ1n) is 7.70. The van der Waals surface area contributed by atoms with E-state index >= 15 is 0 Å². The zero-order valence-corrected chi connectivity index (χ0v) is 14.7. The van der Waals surface area contributed by atoms with Crippen LogP contribution in [0.4, 0.5) is 0 Å². The lowest BCUT2D eigenvalue weighted by Crippen LogP contribution is -2.32. The molecule has 7 heteroatoms. The van der Waals surface area contributed by atoms with E-state index in [2.05, 4.69) is 10.3 Å². The van der Waals surface area contributed by atoms with Crippen molar-refractivity contribution in [1.29, 1.82) is 0 Å². The SMILES string of the molecule is C[C@@]1(C(=O)OCC(=O)NCCc2c[nH]c3ccccc23)CC1(Cl)Cl. The Morgan fingerprint density at radius 3 is 2.75 bits per heavy atom. The molecule has 1 aromatic carbocycles. The highest BCUT2D eigenvalue weighted by molar-refractivity contribution is 6.53. The minimum absolute atomic E-state index is 0.327. The molecule has 0 unspecified atom stereocenters. The van der Waals surface area contributed by atoms with E-state index in [-0.39, 0.29) is 12.5 Å². The molecule has 0 saturated heterocycles. The first-order valence-corrected chi connectivity index (χ1v) is 8.46. The number of alkyl halides is 2. The van der Waals surface area contributed by atoms with Crippen molar-refractivity contribution in [2.75, 3.05) is 13.2 Å². The number of rotatable bonds is 6. The van der Waals surface area contributed by atoms with Gasteiger partial charge < -0.3 is 15.0 Å². The molecule has 0 aliphatic heterocycles. The second-order valence-corrected chi connectivity index (χ2v) is 7.73. The van der Waals surface area contributed by atoms with Gasteiger partial charge in [-0.1, -0.05) is 18.2 Å². The second-order valence-electron chi connectivity index (χ2n) is 6.25. The molecular weight excluding hydrogens is 351 g/mol. The Hall–Kier alpha value is -1.72. The number of hydrogen-bond acceptors (Lipinski definition) is 3. The average molecular weight is 369 g/mol. The highest BCUT2D eigenvalue weighted by atomic mass is 35.5. The molecule has 1 aliphatic carbocycles. The Labute approximate surface area is 149 Å². The number of hydrogen-bond donors (Lipinski definition) is 2. The van der Waals surface area contributed by atoms with Gasteiger partial charge in [0, 0.05) is 30.1 Å². The number of carbonyl (C=O) groups is 2. The summed E-state index contributed by atoms with van der Waals surface area (Å²) in [7, 11) is 0. The summed E-state index contributed by atoms with van der Waals surface area (Å²) in [6.45, 7) is 1.76. The summed E-state index contributed by atoms with van der Waals surface area (Å²) in [6, 6.07) is 7.98. The van der Waals surface area contributed by atoms with Crippen molar-refractivity contribution >= 4 is 46.0 Å². The van der Waals surface area contributed by atoms with Crippen LogP contribution in [0.25, 0.3) is 10.9 Å². The van der Waals surface area contributed by atoms with Crippen LogP contribution in [0, 0.1) is 5.41 Å². The van der Waals surface area contributed by atoms with Gasteiger partial charge in [-0.15, -0.1) is 23.2 Å². The van der Waals surface area contributed by atoms with Gasteiger partial charge in [-0.2, -0.15) is 0 Å². The van der Waals surface area contributed by atoms with Crippen LogP contribution in [-0.2, 0) is 20.7 Å². The normalized spacial score (nSPS) is 21.5. The predicted octanol–water partition coefficient (Wildman–Crippen LogP) is 2.95. The van der Waals surface area contributed by atoms with Crippen LogP contribution in [0.1, 0.15) is 18.9 Å². The fraction of sp³-hybridized carbons (Fsp3) is 0.412. The fourth-order valence-corrected chi connectivity index (χ4v) is 3.33. The number of fused-ring (bicyclic) bond motifs is 1. The third kappa shape index (κ3) is 3.23. The average Bonchev–Trinajstić information content (AvgIpc) is 2.90. The van der Waals surface area contributed by atoms with Gasteiger partial charge in [-0.25, -0.2) is 0 Å². The van der Waals surface area contributed by atoms with Gasteiger partial charge in [0.25, 0.3) is 5.91 Å². The number of amides is 1. The maximum absolute atomic E-state index is 11.9. The lowest BCUT2D eigenvalue weighted by molar-refractivity contribution is -0.153. The van der Waals surface area contributed by atoms with E-state index in [9.17, 15) is 9.59 Å². The lowest BCUT2D eigenvalue weighted by atomic mass is 10.1. The van der Waals surface area contributed by atoms with Crippen molar-refractivity contribution in [3.8, 4) is 0 Å². The van der Waals surface area contributed by atoms with Crippen LogP contribution in [0.5, 0.6) is 0 Å². The number of aromatic amines is 1. The van der Waals surface area contributed by atoms with Gasteiger partial charge in [0.05, 0.1) is 0 Å². The van der Waals surface area contributed by atoms with Gasteiger partial charge in [-0.05, 0) is 25.0 Å². The summed E-state index contributed by atoms with van der Waals surface area (Å²) < 4.78 is 3.91. The molecule has 2 aromatic rings. The van der Waals surface area contributed by atoms with Crippen LogP contribution in [0.2, 0.25) is 0 Å². The third-order valence-electron chi connectivity index (χ3n) is 4.43. The number of benzene rings is 1. The molecule has 1 saturated carbocycles. The zero-order chi connectivity index (χ0) is 17.4. The minimum Gasteiger partial charge on any atom is -0.455 e. The molecular formula is C17H18Cl2N2O3. The summed E-state index contributed by atoms with van der Waals surface area (Å²) in [4.78, 5) is 26.9. The number of para-hydroxylation sites is 1. The van der Waals surface area contributed by atoms with Gasteiger partial charge >= 0.3 is 5.97 Å². The van der Waals surface area contributed by atoms with Crippen molar-refractivity contribution < 1.29 is 14.3 Å². The molecule has 0 radical (unpaired) electrons. The molecule has 1 atom stereocenters. The molecule has 128 valence electrons. The first kappa shape index (κ1) is 17.1. The van der Waals surface area contributed by atoms with Crippen LogP contribution >= 0.6 is 23.2 Å². The van der Waals surface area contributed by atoms with Crippen molar-refractivity contribution in [3.63, 3.8) is 0 Å². The highest BCUT2D eigenvalue weighted by Gasteiger charge is 2.69. The summed E-state index contributed by atoms with van der Waals surface area (Å²) in [6.07, 6.45) is 2.96. The number of aromatic nitrogens is 1. The second kappa shape index (κ2) is 6.30. The van der Waals surface area contributed by atoms with E-state index in [1.54, 1.807) is 6.92 Å². The zero-order valence-electron chi connectivity index (χ0n) is 13.2. The molecule has 5 nitrogen and oxygen atoms in total. The molecule has 3 rings (SSSR count).